The molecule has 2 rings (SSSR count). The van der Waals surface area contributed by atoms with E-state index in [4.69, 9.17) is 5.73 Å². The lowest BCUT2D eigenvalue weighted by Gasteiger charge is -2.23. The first kappa shape index (κ1) is 14.0. The molecule has 0 saturated heterocycles. The minimum atomic E-state index is -1.96. The fraction of sp³-hybridized carbons (Fsp3) is 0.125. The summed E-state index contributed by atoms with van der Waals surface area (Å²) in [5.41, 5.74) is 4.95. The fourth-order valence-corrected chi connectivity index (χ4v) is 2.02. The Kier molecular flexibility index (Phi) is 3.96. The monoisotopic (exact) mass is 269 g/mol. The molecule has 0 radical (unpaired) electrons. The summed E-state index contributed by atoms with van der Waals surface area (Å²) in [6.07, 6.45) is -0.0447. The van der Waals surface area contributed by atoms with E-state index >= 15 is 0 Å². The van der Waals surface area contributed by atoms with Gasteiger partial charge in [0.05, 0.1) is 0 Å². The fourth-order valence-electron chi connectivity index (χ4n) is 2.02. The number of carboxylic acids is 1. The first-order chi connectivity index (χ1) is 9.54. The lowest BCUT2D eigenvalue weighted by atomic mass is 9.84. The van der Waals surface area contributed by atoms with Crippen LogP contribution in [0.2, 0.25) is 0 Å². The SMILES string of the molecule is N[C@@](Cc1ccccc1)(C(=O)O)C(=O)c1ccccc1. The molecule has 20 heavy (non-hydrogen) atoms. The summed E-state index contributed by atoms with van der Waals surface area (Å²) in [6.45, 7) is 0. The molecule has 0 saturated carbocycles. The Balaban J connectivity index is 2.35. The molecule has 3 N–H and O–H groups in total. The van der Waals surface area contributed by atoms with E-state index in [9.17, 15) is 14.7 Å². The number of hydrogen-bond acceptors (Lipinski definition) is 3. The Bertz CT molecular complexity index is 610. The second-order valence-corrected chi connectivity index (χ2v) is 4.63. The number of carbonyl (C=O) groups is 2. The smallest absolute Gasteiger partial charge is 0.332 e. The normalized spacial score (nSPS) is 13.4. The van der Waals surface area contributed by atoms with Gasteiger partial charge in [-0.3, -0.25) is 4.79 Å². The minimum absolute atomic E-state index is 0.0447. The van der Waals surface area contributed by atoms with Gasteiger partial charge in [0.1, 0.15) is 0 Å². The molecule has 0 heterocycles. The van der Waals surface area contributed by atoms with Crippen molar-refractivity contribution in [3.8, 4) is 0 Å². The van der Waals surface area contributed by atoms with Gasteiger partial charge in [-0.2, -0.15) is 0 Å². The van der Waals surface area contributed by atoms with Crippen molar-refractivity contribution < 1.29 is 14.7 Å². The van der Waals surface area contributed by atoms with Gasteiger partial charge in [-0.25, -0.2) is 4.79 Å². The van der Waals surface area contributed by atoms with Gasteiger partial charge in [0.15, 0.2) is 11.3 Å². The molecule has 2 aromatic rings. The predicted molar refractivity (Wildman–Crippen MR) is 75.5 cm³/mol. The third-order valence-electron chi connectivity index (χ3n) is 3.15. The molecular formula is C16H15NO3. The van der Waals surface area contributed by atoms with Gasteiger partial charge in [-0.05, 0) is 5.56 Å². The minimum Gasteiger partial charge on any atom is -0.480 e. The second kappa shape index (κ2) is 5.67. The van der Waals surface area contributed by atoms with Crippen molar-refractivity contribution in [2.75, 3.05) is 0 Å². The van der Waals surface area contributed by atoms with Crippen LogP contribution in [0.3, 0.4) is 0 Å². The summed E-state index contributed by atoms with van der Waals surface area (Å²) in [6, 6.07) is 17.1. The van der Waals surface area contributed by atoms with Gasteiger partial charge >= 0.3 is 5.97 Å². The zero-order chi connectivity index (χ0) is 14.6. The highest BCUT2D eigenvalue weighted by atomic mass is 16.4. The number of carboxylic acid groups (broad SMARTS) is 1. The van der Waals surface area contributed by atoms with Crippen LogP contribution in [0.15, 0.2) is 60.7 Å². The van der Waals surface area contributed by atoms with Crippen molar-refractivity contribution in [3.05, 3.63) is 71.8 Å². The highest BCUT2D eigenvalue weighted by Gasteiger charge is 2.42. The maximum absolute atomic E-state index is 12.4. The zero-order valence-corrected chi connectivity index (χ0v) is 10.8. The van der Waals surface area contributed by atoms with Crippen LogP contribution in [0.25, 0.3) is 0 Å². The largest absolute Gasteiger partial charge is 0.480 e. The molecule has 0 aliphatic carbocycles. The van der Waals surface area contributed by atoms with Crippen LogP contribution in [-0.2, 0) is 11.2 Å². The molecule has 0 aliphatic rings. The number of rotatable bonds is 5. The van der Waals surface area contributed by atoms with Gasteiger partial charge in [0, 0.05) is 12.0 Å². The number of carbonyl (C=O) groups excluding carboxylic acids is 1. The van der Waals surface area contributed by atoms with E-state index in [-0.39, 0.29) is 6.42 Å². The van der Waals surface area contributed by atoms with Crippen molar-refractivity contribution >= 4 is 11.8 Å². The molecule has 2 aromatic carbocycles. The molecule has 0 aliphatic heterocycles. The maximum atomic E-state index is 12.4. The second-order valence-electron chi connectivity index (χ2n) is 4.63. The Morgan fingerprint density at radius 2 is 1.45 bits per heavy atom. The number of hydrogen-bond donors (Lipinski definition) is 2. The van der Waals surface area contributed by atoms with E-state index in [1.807, 2.05) is 6.07 Å². The Hall–Kier alpha value is -2.46. The molecule has 0 fully saturated rings. The molecule has 102 valence electrons. The van der Waals surface area contributed by atoms with Crippen LogP contribution in [-0.4, -0.2) is 22.4 Å². The number of nitrogens with two attached hydrogens (primary N) is 1. The van der Waals surface area contributed by atoms with Crippen molar-refractivity contribution in [2.24, 2.45) is 5.73 Å². The van der Waals surface area contributed by atoms with Gasteiger partial charge in [-0.1, -0.05) is 60.7 Å². The van der Waals surface area contributed by atoms with Crippen molar-refractivity contribution in [2.45, 2.75) is 12.0 Å². The molecule has 1 atom stereocenters. The summed E-state index contributed by atoms with van der Waals surface area (Å²) in [4.78, 5) is 23.9. The van der Waals surface area contributed by atoms with Crippen LogP contribution < -0.4 is 5.73 Å². The van der Waals surface area contributed by atoms with Gasteiger partial charge < -0.3 is 10.8 Å². The van der Waals surface area contributed by atoms with Crippen molar-refractivity contribution in [1.29, 1.82) is 0 Å². The molecule has 0 spiro atoms. The Morgan fingerprint density at radius 1 is 0.950 bits per heavy atom. The highest BCUT2D eigenvalue weighted by molar-refractivity contribution is 6.16. The molecular weight excluding hydrogens is 254 g/mol. The summed E-state index contributed by atoms with van der Waals surface area (Å²) in [7, 11) is 0. The summed E-state index contributed by atoms with van der Waals surface area (Å²) >= 11 is 0. The van der Waals surface area contributed by atoms with E-state index in [1.54, 1.807) is 54.6 Å². The van der Waals surface area contributed by atoms with Crippen LogP contribution in [0.1, 0.15) is 15.9 Å². The Labute approximate surface area is 116 Å². The number of aliphatic carboxylic acids is 1. The van der Waals surface area contributed by atoms with Crippen LogP contribution in [0.4, 0.5) is 0 Å². The molecule has 0 bridgehead atoms. The number of Topliss-reactive ketones (excluding diaryl/α,β-unsaturated/α-hetero) is 1. The van der Waals surface area contributed by atoms with E-state index in [2.05, 4.69) is 0 Å². The topological polar surface area (TPSA) is 80.4 Å². The van der Waals surface area contributed by atoms with Gasteiger partial charge in [0.25, 0.3) is 0 Å². The first-order valence-corrected chi connectivity index (χ1v) is 6.20. The van der Waals surface area contributed by atoms with Crippen LogP contribution in [0.5, 0.6) is 0 Å². The van der Waals surface area contributed by atoms with E-state index < -0.39 is 17.3 Å². The standard InChI is InChI=1S/C16H15NO3/c17-16(15(19)20,11-12-7-3-1-4-8-12)14(18)13-9-5-2-6-10-13/h1-10H,11,17H2,(H,19,20)/t16-/m1/s1. The lowest BCUT2D eigenvalue weighted by Crippen LogP contribution is -2.56. The third kappa shape index (κ3) is 2.75. The summed E-state index contributed by atoms with van der Waals surface area (Å²) < 4.78 is 0. The lowest BCUT2D eigenvalue weighted by molar-refractivity contribution is -0.141. The molecule has 4 nitrogen and oxygen atoms in total. The van der Waals surface area contributed by atoms with Crippen molar-refractivity contribution in [1.82, 2.24) is 0 Å². The third-order valence-corrected chi connectivity index (χ3v) is 3.15. The van der Waals surface area contributed by atoms with Crippen LogP contribution >= 0.6 is 0 Å². The number of benzene rings is 2. The molecule has 0 aromatic heterocycles. The first-order valence-electron chi connectivity index (χ1n) is 6.20. The molecule has 4 heteroatoms. The average Bonchev–Trinajstić information content (AvgIpc) is 2.48. The number of ketones is 1. The maximum Gasteiger partial charge on any atom is 0.332 e. The average molecular weight is 269 g/mol. The van der Waals surface area contributed by atoms with Gasteiger partial charge in [-0.15, -0.1) is 0 Å². The zero-order valence-electron chi connectivity index (χ0n) is 10.8. The Morgan fingerprint density at radius 3 is 1.95 bits per heavy atom. The molecule has 0 amide bonds. The van der Waals surface area contributed by atoms with E-state index in [0.717, 1.165) is 0 Å². The summed E-state index contributed by atoms with van der Waals surface area (Å²) in [5, 5.41) is 9.38. The van der Waals surface area contributed by atoms with Gasteiger partial charge in [0.2, 0.25) is 0 Å². The van der Waals surface area contributed by atoms with Crippen LogP contribution in [0, 0.1) is 0 Å². The highest BCUT2D eigenvalue weighted by Crippen LogP contribution is 2.17. The van der Waals surface area contributed by atoms with E-state index in [0.29, 0.717) is 11.1 Å². The predicted octanol–water partition coefficient (Wildman–Crippen LogP) is 1.89. The summed E-state index contributed by atoms with van der Waals surface area (Å²) in [5.74, 6) is -1.91. The van der Waals surface area contributed by atoms with Crippen molar-refractivity contribution in [3.63, 3.8) is 0 Å². The van der Waals surface area contributed by atoms with E-state index in [1.165, 1.54) is 0 Å². The molecule has 0 unspecified atom stereocenters. The quantitative estimate of drug-likeness (QED) is 0.641.